The summed E-state index contributed by atoms with van der Waals surface area (Å²) < 4.78 is 13.5. The Labute approximate surface area is 88.9 Å². The number of thioether (sulfide) groups is 1. The van der Waals surface area contributed by atoms with E-state index >= 15 is 0 Å². The molecular weight excluding hydrogens is 197 g/mol. The molecule has 1 atom stereocenters. The van der Waals surface area contributed by atoms with E-state index in [0.717, 1.165) is 16.9 Å². The van der Waals surface area contributed by atoms with Crippen molar-refractivity contribution in [3.05, 3.63) is 29.6 Å². The molecule has 0 spiro atoms. The summed E-state index contributed by atoms with van der Waals surface area (Å²) in [6.07, 6.45) is 1.04. The van der Waals surface area contributed by atoms with Crippen molar-refractivity contribution in [1.29, 1.82) is 0 Å². The molecule has 0 aromatic heterocycles. The molecule has 0 aliphatic rings. The van der Waals surface area contributed by atoms with Crippen molar-refractivity contribution in [2.24, 2.45) is 5.73 Å². The molecule has 1 aromatic carbocycles. The number of halogens is 1. The highest BCUT2D eigenvalue weighted by molar-refractivity contribution is 7.99. The van der Waals surface area contributed by atoms with Crippen molar-refractivity contribution >= 4 is 11.8 Å². The van der Waals surface area contributed by atoms with Crippen LogP contribution in [-0.2, 0) is 6.54 Å². The van der Waals surface area contributed by atoms with Crippen LogP contribution in [0.2, 0.25) is 0 Å². The Balaban J connectivity index is 2.78. The molecule has 14 heavy (non-hydrogen) atoms. The summed E-state index contributed by atoms with van der Waals surface area (Å²) in [7, 11) is 0. The van der Waals surface area contributed by atoms with Crippen LogP contribution in [0, 0.1) is 5.82 Å². The fourth-order valence-corrected chi connectivity index (χ4v) is 1.99. The lowest BCUT2D eigenvalue weighted by molar-refractivity contribution is 0.599. The maximum absolute atomic E-state index is 13.5. The van der Waals surface area contributed by atoms with E-state index in [0.29, 0.717) is 11.8 Å². The van der Waals surface area contributed by atoms with Gasteiger partial charge in [0, 0.05) is 16.7 Å². The van der Waals surface area contributed by atoms with Crippen LogP contribution in [-0.4, -0.2) is 5.25 Å². The van der Waals surface area contributed by atoms with E-state index in [1.165, 1.54) is 6.07 Å². The topological polar surface area (TPSA) is 26.0 Å². The Kier molecular flexibility index (Phi) is 4.42. The largest absolute Gasteiger partial charge is 0.326 e. The van der Waals surface area contributed by atoms with Crippen LogP contribution in [0.15, 0.2) is 23.1 Å². The van der Waals surface area contributed by atoms with Gasteiger partial charge in [-0.2, -0.15) is 0 Å². The van der Waals surface area contributed by atoms with Gasteiger partial charge in [0.05, 0.1) is 0 Å². The lowest BCUT2D eigenvalue weighted by Gasteiger charge is -2.09. The average molecular weight is 213 g/mol. The molecule has 0 amide bonds. The van der Waals surface area contributed by atoms with Crippen LogP contribution in [0.1, 0.15) is 25.8 Å². The van der Waals surface area contributed by atoms with Crippen LogP contribution in [0.5, 0.6) is 0 Å². The molecule has 0 fully saturated rings. The SMILES string of the molecule is CCC(C)Sc1ccc(CN)cc1F. The third-order valence-electron chi connectivity index (χ3n) is 2.14. The van der Waals surface area contributed by atoms with Crippen molar-refractivity contribution in [3.8, 4) is 0 Å². The van der Waals surface area contributed by atoms with E-state index in [-0.39, 0.29) is 5.82 Å². The molecule has 0 radical (unpaired) electrons. The minimum absolute atomic E-state index is 0.154. The van der Waals surface area contributed by atoms with Crippen LogP contribution in [0.3, 0.4) is 0 Å². The molecule has 2 N–H and O–H groups in total. The molecule has 1 nitrogen and oxygen atoms in total. The van der Waals surface area contributed by atoms with Crippen LogP contribution in [0.25, 0.3) is 0 Å². The summed E-state index contributed by atoms with van der Waals surface area (Å²) >= 11 is 1.57. The quantitative estimate of drug-likeness (QED) is 0.777. The third-order valence-corrected chi connectivity index (χ3v) is 3.46. The summed E-state index contributed by atoms with van der Waals surface area (Å²) in [5, 5.41) is 0.452. The lowest BCUT2D eigenvalue weighted by atomic mass is 10.2. The van der Waals surface area contributed by atoms with Gasteiger partial charge < -0.3 is 5.73 Å². The average Bonchev–Trinajstić information content (AvgIpc) is 2.20. The van der Waals surface area contributed by atoms with E-state index in [4.69, 9.17) is 5.73 Å². The third kappa shape index (κ3) is 3.00. The molecule has 0 aliphatic heterocycles. The summed E-state index contributed by atoms with van der Waals surface area (Å²) in [5.74, 6) is -0.154. The Morgan fingerprint density at radius 1 is 1.50 bits per heavy atom. The second-order valence-corrected chi connectivity index (χ2v) is 4.79. The summed E-state index contributed by atoms with van der Waals surface area (Å²) in [5.41, 5.74) is 6.27. The van der Waals surface area contributed by atoms with Crippen molar-refractivity contribution < 1.29 is 4.39 Å². The Hall–Kier alpha value is -0.540. The molecular formula is C11H16FNS. The first-order valence-electron chi connectivity index (χ1n) is 4.82. The minimum atomic E-state index is -0.154. The molecule has 1 unspecified atom stereocenters. The van der Waals surface area contributed by atoms with Gasteiger partial charge in [-0.1, -0.05) is 19.9 Å². The van der Waals surface area contributed by atoms with Gasteiger partial charge in [0.2, 0.25) is 0 Å². The molecule has 0 bridgehead atoms. The standard InChI is InChI=1S/C11H16FNS/c1-3-8(2)14-11-5-4-9(7-13)6-10(11)12/h4-6,8H,3,7,13H2,1-2H3. The second-order valence-electron chi connectivity index (χ2n) is 3.31. The van der Waals surface area contributed by atoms with Gasteiger partial charge in [0.1, 0.15) is 5.82 Å². The van der Waals surface area contributed by atoms with Crippen molar-refractivity contribution in [2.75, 3.05) is 0 Å². The molecule has 0 heterocycles. The van der Waals surface area contributed by atoms with Gasteiger partial charge in [0.15, 0.2) is 0 Å². The number of rotatable bonds is 4. The maximum atomic E-state index is 13.5. The Bertz CT molecular complexity index is 301. The number of hydrogen-bond donors (Lipinski definition) is 1. The van der Waals surface area contributed by atoms with Gasteiger partial charge in [-0.05, 0) is 24.1 Å². The molecule has 0 saturated carbocycles. The van der Waals surface area contributed by atoms with E-state index in [9.17, 15) is 4.39 Å². The first-order chi connectivity index (χ1) is 6.67. The van der Waals surface area contributed by atoms with Crippen molar-refractivity contribution in [1.82, 2.24) is 0 Å². The molecule has 78 valence electrons. The van der Waals surface area contributed by atoms with E-state index in [1.807, 2.05) is 12.1 Å². The first kappa shape index (κ1) is 11.5. The predicted molar refractivity (Wildman–Crippen MR) is 59.9 cm³/mol. The van der Waals surface area contributed by atoms with Crippen LogP contribution < -0.4 is 5.73 Å². The van der Waals surface area contributed by atoms with E-state index < -0.39 is 0 Å². The zero-order valence-corrected chi connectivity index (χ0v) is 9.40. The number of benzene rings is 1. The fourth-order valence-electron chi connectivity index (χ4n) is 1.07. The molecule has 0 saturated heterocycles. The summed E-state index contributed by atoms with van der Waals surface area (Å²) in [4.78, 5) is 0.719. The zero-order valence-electron chi connectivity index (χ0n) is 8.59. The van der Waals surface area contributed by atoms with Crippen LogP contribution >= 0.6 is 11.8 Å². The summed E-state index contributed by atoms with van der Waals surface area (Å²) in [6, 6.07) is 5.22. The zero-order chi connectivity index (χ0) is 10.6. The Morgan fingerprint density at radius 2 is 2.21 bits per heavy atom. The number of nitrogens with two attached hydrogens (primary N) is 1. The molecule has 0 aliphatic carbocycles. The highest BCUT2D eigenvalue weighted by atomic mass is 32.2. The predicted octanol–water partition coefficient (Wildman–Crippen LogP) is 3.18. The smallest absolute Gasteiger partial charge is 0.137 e. The highest BCUT2D eigenvalue weighted by Gasteiger charge is 2.07. The fraction of sp³-hybridized carbons (Fsp3) is 0.455. The van der Waals surface area contributed by atoms with Gasteiger partial charge in [-0.25, -0.2) is 4.39 Å². The molecule has 3 heteroatoms. The second kappa shape index (κ2) is 5.37. The van der Waals surface area contributed by atoms with E-state index in [2.05, 4.69) is 13.8 Å². The van der Waals surface area contributed by atoms with Gasteiger partial charge in [-0.15, -0.1) is 11.8 Å². The van der Waals surface area contributed by atoms with Crippen molar-refractivity contribution in [2.45, 2.75) is 37.0 Å². The van der Waals surface area contributed by atoms with Crippen LogP contribution in [0.4, 0.5) is 4.39 Å². The first-order valence-corrected chi connectivity index (χ1v) is 5.70. The summed E-state index contributed by atoms with van der Waals surface area (Å²) in [6.45, 7) is 4.59. The van der Waals surface area contributed by atoms with Crippen molar-refractivity contribution in [3.63, 3.8) is 0 Å². The van der Waals surface area contributed by atoms with E-state index in [1.54, 1.807) is 11.8 Å². The monoisotopic (exact) mass is 213 g/mol. The molecule has 1 aromatic rings. The normalized spacial score (nSPS) is 12.9. The molecule has 1 rings (SSSR count). The van der Waals surface area contributed by atoms with Gasteiger partial charge >= 0.3 is 0 Å². The van der Waals surface area contributed by atoms with Gasteiger partial charge in [0.25, 0.3) is 0 Å². The number of hydrogen-bond acceptors (Lipinski definition) is 2. The Morgan fingerprint density at radius 3 is 2.71 bits per heavy atom. The lowest BCUT2D eigenvalue weighted by Crippen LogP contribution is -1.98. The highest BCUT2D eigenvalue weighted by Crippen LogP contribution is 2.27. The minimum Gasteiger partial charge on any atom is -0.326 e. The van der Waals surface area contributed by atoms with Gasteiger partial charge in [-0.3, -0.25) is 0 Å². The maximum Gasteiger partial charge on any atom is 0.137 e.